The highest BCUT2D eigenvalue weighted by atomic mass is 32.2. The second-order valence-corrected chi connectivity index (χ2v) is 5.34. The van der Waals surface area contributed by atoms with Crippen LogP contribution in [0.4, 0.5) is 10.1 Å². The van der Waals surface area contributed by atoms with Crippen molar-refractivity contribution in [3.63, 3.8) is 0 Å². The van der Waals surface area contributed by atoms with Crippen LogP contribution in [0.1, 0.15) is 19.4 Å². The fraction of sp³-hybridized carbons (Fsp3) is 0.571. The summed E-state index contributed by atoms with van der Waals surface area (Å²) in [5, 5.41) is 3.20. The van der Waals surface area contributed by atoms with Gasteiger partial charge in [-0.3, -0.25) is 0 Å². The summed E-state index contributed by atoms with van der Waals surface area (Å²) in [5.41, 5.74) is 1.74. The van der Waals surface area contributed by atoms with Crippen molar-refractivity contribution in [3.8, 4) is 0 Å². The molecule has 0 saturated carbocycles. The van der Waals surface area contributed by atoms with Crippen molar-refractivity contribution in [3.05, 3.63) is 29.6 Å². The van der Waals surface area contributed by atoms with Gasteiger partial charge in [-0.2, -0.15) is 11.8 Å². The molecule has 0 aliphatic rings. The highest BCUT2D eigenvalue weighted by molar-refractivity contribution is 7.98. The Morgan fingerprint density at radius 2 is 2.17 bits per heavy atom. The summed E-state index contributed by atoms with van der Waals surface area (Å²) < 4.78 is 13.9. The molecule has 2 nitrogen and oxygen atoms in total. The minimum atomic E-state index is -0.128. The lowest BCUT2D eigenvalue weighted by Gasteiger charge is -2.29. The molecule has 1 rings (SSSR count). The third-order valence-corrected chi connectivity index (χ3v) is 3.91. The Bertz CT molecular complexity index is 371. The van der Waals surface area contributed by atoms with Crippen molar-refractivity contribution in [1.29, 1.82) is 0 Å². The molecule has 1 atom stereocenters. The van der Waals surface area contributed by atoms with E-state index in [1.54, 1.807) is 6.07 Å². The molecule has 0 aliphatic heterocycles. The van der Waals surface area contributed by atoms with Crippen LogP contribution in [0.15, 0.2) is 18.2 Å². The molecule has 1 N–H and O–H groups in total. The Labute approximate surface area is 114 Å². The number of anilines is 1. The molecule has 0 radical (unpaired) electrons. The fourth-order valence-corrected chi connectivity index (χ4v) is 2.60. The van der Waals surface area contributed by atoms with Crippen molar-refractivity contribution < 1.29 is 4.39 Å². The van der Waals surface area contributed by atoms with Crippen molar-refractivity contribution in [1.82, 2.24) is 5.32 Å². The largest absolute Gasteiger partial charge is 0.371 e. The molecule has 102 valence electrons. The molecule has 1 aromatic carbocycles. The zero-order chi connectivity index (χ0) is 13.5. The fourth-order valence-electron chi connectivity index (χ4n) is 1.89. The van der Waals surface area contributed by atoms with E-state index in [9.17, 15) is 4.39 Å². The number of thioether (sulfide) groups is 1. The van der Waals surface area contributed by atoms with Gasteiger partial charge in [0.25, 0.3) is 0 Å². The van der Waals surface area contributed by atoms with Crippen molar-refractivity contribution in [2.24, 2.45) is 0 Å². The number of halogens is 1. The molecule has 0 spiro atoms. The number of nitrogens with one attached hydrogen (secondary N) is 1. The quantitative estimate of drug-likeness (QED) is 0.819. The summed E-state index contributed by atoms with van der Waals surface area (Å²) in [6.45, 7) is 5.62. The molecule has 0 aliphatic carbocycles. The van der Waals surface area contributed by atoms with Crippen LogP contribution < -0.4 is 10.2 Å². The summed E-state index contributed by atoms with van der Waals surface area (Å²) in [7, 11) is 2.03. The number of hydrogen-bond acceptors (Lipinski definition) is 3. The molecule has 1 unspecified atom stereocenters. The lowest BCUT2D eigenvalue weighted by Crippen LogP contribution is -2.32. The SMILES string of the molecule is CCNCc1c(F)cccc1N(C)C(C)CSC. The molecule has 1 aromatic rings. The maximum Gasteiger partial charge on any atom is 0.129 e. The first-order chi connectivity index (χ1) is 8.61. The average Bonchev–Trinajstić information content (AvgIpc) is 2.36. The van der Waals surface area contributed by atoms with Gasteiger partial charge in [-0.1, -0.05) is 13.0 Å². The Morgan fingerprint density at radius 3 is 2.78 bits per heavy atom. The van der Waals surface area contributed by atoms with E-state index < -0.39 is 0 Å². The van der Waals surface area contributed by atoms with Crippen molar-refractivity contribution in [2.75, 3.05) is 30.5 Å². The van der Waals surface area contributed by atoms with Gasteiger partial charge in [0.15, 0.2) is 0 Å². The maximum absolute atomic E-state index is 13.9. The average molecular weight is 270 g/mol. The van der Waals surface area contributed by atoms with Gasteiger partial charge in [0.05, 0.1) is 0 Å². The van der Waals surface area contributed by atoms with E-state index in [1.807, 2.05) is 31.8 Å². The van der Waals surface area contributed by atoms with Gasteiger partial charge in [-0.15, -0.1) is 0 Å². The lowest BCUT2D eigenvalue weighted by atomic mass is 10.1. The van der Waals surface area contributed by atoms with Crippen LogP contribution in [0.2, 0.25) is 0 Å². The van der Waals surface area contributed by atoms with Gasteiger partial charge in [0, 0.05) is 36.6 Å². The van der Waals surface area contributed by atoms with Crippen LogP contribution >= 0.6 is 11.8 Å². The highest BCUT2D eigenvalue weighted by Gasteiger charge is 2.15. The first-order valence-electron chi connectivity index (χ1n) is 6.31. The molecule has 0 aromatic heterocycles. The van der Waals surface area contributed by atoms with Crippen LogP contribution in [0.5, 0.6) is 0 Å². The molecule has 0 heterocycles. The predicted octanol–water partition coefficient (Wildman–Crippen LogP) is 3.12. The Morgan fingerprint density at radius 1 is 1.44 bits per heavy atom. The molecule has 18 heavy (non-hydrogen) atoms. The summed E-state index contributed by atoms with van der Waals surface area (Å²) in [5.74, 6) is 0.907. The van der Waals surface area contributed by atoms with Crippen molar-refractivity contribution in [2.45, 2.75) is 26.4 Å². The van der Waals surface area contributed by atoms with Gasteiger partial charge >= 0.3 is 0 Å². The molecule has 0 bridgehead atoms. The molecule has 4 heteroatoms. The van der Waals surface area contributed by atoms with Crippen molar-refractivity contribution >= 4 is 17.4 Å². The molecule has 0 saturated heterocycles. The first-order valence-corrected chi connectivity index (χ1v) is 7.71. The maximum atomic E-state index is 13.9. The Balaban J connectivity index is 2.95. The molecular weight excluding hydrogens is 247 g/mol. The number of hydrogen-bond donors (Lipinski definition) is 1. The molecule has 0 amide bonds. The molecular formula is C14H23FN2S. The Hall–Kier alpha value is -0.740. The number of nitrogens with zero attached hydrogens (tertiary/aromatic N) is 1. The summed E-state index contributed by atoms with van der Waals surface area (Å²) >= 11 is 1.81. The third kappa shape index (κ3) is 3.89. The van der Waals surface area contributed by atoms with Gasteiger partial charge in [0.1, 0.15) is 5.82 Å². The van der Waals surface area contributed by atoms with E-state index in [0.29, 0.717) is 12.6 Å². The second-order valence-electron chi connectivity index (χ2n) is 4.43. The van der Waals surface area contributed by atoms with Crippen LogP contribution in [0.3, 0.4) is 0 Å². The highest BCUT2D eigenvalue weighted by Crippen LogP contribution is 2.24. The minimum absolute atomic E-state index is 0.128. The van der Waals surface area contributed by atoms with Crippen LogP contribution in [0, 0.1) is 5.82 Å². The van der Waals surface area contributed by atoms with Crippen LogP contribution in [-0.4, -0.2) is 31.6 Å². The lowest BCUT2D eigenvalue weighted by molar-refractivity contribution is 0.590. The number of benzene rings is 1. The van der Waals surface area contributed by atoms with Crippen LogP contribution in [-0.2, 0) is 6.54 Å². The zero-order valence-electron chi connectivity index (χ0n) is 11.7. The standard InChI is InChI=1S/C14H23FN2S/c1-5-16-9-12-13(15)7-6-8-14(12)17(3)11(2)10-18-4/h6-8,11,16H,5,9-10H2,1-4H3. The van der Waals surface area contributed by atoms with Gasteiger partial charge in [0.2, 0.25) is 0 Å². The topological polar surface area (TPSA) is 15.3 Å². The van der Waals surface area contributed by atoms with E-state index >= 15 is 0 Å². The molecule has 0 fully saturated rings. The van der Waals surface area contributed by atoms with Gasteiger partial charge in [-0.25, -0.2) is 4.39 Å². The van der Waals surface area contributed by atoms with E-state index in [4.69, 9.17) is 0 Å². The predicted molar refractivity (Wildman–Crippen MR) is 80.0 cm³/mol. The Kier molecular flexibility index (Phi) is 6.50. The smallest absolute Gasteiger partial charge is 0.129 e. The summed E-state index contributed by atoms with van der Waals surface area (Å²) in [6, 6.07) is 5.69. The number of rotatable bonds is 7. The monoisotopic (exact) mass is 270 g/mol. The normalized spacial score (nSPS) is 12.5. The summed E-state index contributed by atoms with van der Waals surface area (Å²) in [4.78, 5) is 2.16. The zero-order valence-corrected chi connectivity index (χ0v) is 12.5. The first kappa shape index (κ1) is 15.3. The van der Waals surface area contributed by atoms with Gasteiger partial charge < -0.3 is 10.2 Å². The van der Waals surface area contributed by atoms with E-state index in [2.05, 4.69) is 23.4 Å². The van der Waals surface area contributed by atoms with Gasteiger partial charge in [-0.05, 0) is 31.9 Å². The second kappa shape index (κ2) is 7.64. The van der Waals surface area contributed by atoms with E-state index in [1.165, 1.54) is 6.07 Å². The third-order valence-electron chi connectivity index (χ3n) is 3.09. The van der Waals surface area contributed by atoms with Crippen LogP contribution in [0.25, 0.3) is 0 Å². The van der Waals surface area contributed by atoms with E-state index in [0.717, 1.165) is 23.5 Å². The minimum Gasteiger partial charge on any atom is -0.371 e. The van der Waals surface area contributed by atoms with E-state index in [-0.39, 0.29) is 5.82 Å². The summed E-state index contributed by atoms with van der Waals surface area (Å²) in [6.07, 6.45) is 2.09.